The zero-order chi connectivity index (χ0) is 71.5. The summed E-state index contributed by atoms with van der Waals surface area (Å²) >= 11 is 0. The monoisotopic (exact) mass is 1390 g/mol. The van der Waals surface area contributed by atoms with E-state index in [1.165, 1.54) is 109 Å². The molecule has 3 aliphatic heterocycles. The van der Waals surface area contributed by atoms with E-state index >= 15 is 0 Å². The summed E-state index contributed by atoms with van der Waals surface area (Å²) in [6, 6.07) is 61.3. The fourth-order valence-electron chi connectivity index (χ4n) is 11.3. The Bertz CT molecular complexity index is 4120. The number of ether oxygens (including phenoxy) is 15. The molecule has 0 amide bonds. The SMILES string of the molecule is COC1OC(COC2OC(COC(=O)c3ccccc3)C(OC(=O)c3ccccc3)C(OC(=O)c3ccccc3)C2OC(=O)c2ccccc2)C(O)C(OC2OC(COC(=O)c3ccccc3)C(OC(=O)c3ccccc3)C(OC(=O)c3ccccc3)C2OC(=O)c2ccccc2)C1OC(C)=O. The molecule has 0 saturated carbocycles. The number of carbonyl (C=O) groups is 9. The summed E-state index contributed by atoms with van der Waals surface area (Å²) in [5.41, 5.74) is 0.133. The van der Waals surface area contributed by atoms with Crippen molar-refractivity contribution in [2.75, 3.05) is 26.9 Å². The van der Waals surface area contributed by atoms with Crippen molar-refractivity contribution in [3.05, 3.63) is 287 Å². The van der Waals surface area contributed by atoms with Crippen LogP contribution in [-0.2, 0) is 75.8 Å². The van der Waals surface area contributed by atoms with E-state index in [2.05, 4.69) is 0 Å². The maximum atomic E-state index is 14.6. The second kappa shape index (κ2) is 34.7. The molecule has 1 N–H and O–H groups in total. The number of carbonyl (C=O) groups excluding carboxylic acids is 9. The zero-order valence-electron chi connectivity index (χ0n) is 54.6. The van der Waals surface area contributed by atoms with Crippen molar-refractivity contribution in [1.82, 2.24) is 0 Å². The van der Waals surface area contributed by atoms with Crippen molar-refractivity contribution in [2.45, 2.75) is 99.0 Å². The number of rotatable bonds is 25. The predicted molar refractivity (Wildman–Crippen MR) is 353 cm³/mol. The molecule has 25 nitrogen and oxygen atoms in total. The van der Waals surface area contributed by atoms with Gasteiger partial charge in [0, 0.05) is 14.0 Å². The normalized spacial score (nSPS) is 24.4. The molecule has 15 unspecified atom stereocenters. The van der Waals surface area contributed by atoms with Crippen LogP contribution in [0, 0.1) is 0 Å². The second-order valence-corrected chi connectivity index (χ2v) is 23.2. The van der Waals surface area contributed by atoms with Gasteiger partial charge in [-0.3, -0.25) is 4.79 Å². The molecule has 11 rings (SSSR count). The van der Waals surface area contributed by atoms with Crippen molar-refractivity contribution >= 4 is 53.7 Å². The maximum Gasteiger partial charge on any atom is 0.338 e. The van der Waals surface area contributed by atoms with E-state index < -0.39 is 166 Å². The van der Waals surface area contributed by atoms with Crippen LogP contribution in [0.25, 0.3) is 0 Å². The maximum absolute atomic E-state index is 14.6. The third-order valence-electron chi connectivity index (χ3n) is 16.3. The summed E-state index contributed by atoms with van der Waals surface area (Å²) in [5, 5.41) is 13.0. The highest BCUT2D eigenvalue weighted by molar-refractivity contribution is 5.93. The molecule has 8 aromatic carbocycles. The summed E-state index contributed by atoms with van der Waals surface area (Å²) in [6.07, 6.45) is -28.4. The Morgan fingerprint density at radius 3 is 0.853 bits per heavy atom. The first-order valence-electron chi connectivity index (χ1n) is 32.2. The van der Waals surface area contributed by atoms with Crippen LogP contribution >= 0.6 is 0 Å². The minimum absolute atomic E-state index is 0.00423. The van der Waals surface area contributed by atoms with Gasteiger partial charge < -0.3 is 76.2 Å². The quantitative estimate of drug-likeness (QED) is 0.0413. The number of hydrogen-bond donors (Lipinski definition) is 1. The van der Waals surface area contributed by atoms with E-state index in [1.54, 1.807) is 133 Å². The number of esters is 9. The largest absolute Gasteiger partial charge is 0.459 e. The highest BCUT2D eigenvalue weighted by atomic mass is 16.8. The average molecular weight is 1390 g/mol. The fourth-order valence-corrected chi connectivity index (χ4v) is 11.3. The molecular weight excluding hydrogens is 1320 g/mol. The topological polar surface area (TPSA) is 312 Å². The van der Waals surface area contributed by atoms with E-state index in [1.807, 2.05) is 0 Å². The van der Waals surface area contributed by atoms with Gasteiger partial charge in [-0.25, -0.2) is 38.4 Å². The summed E-state index contributed by atoms with van der Waals surface area (Å²) in [7, 11) is 1.16. The van der Waals surface area contributed by atoms with Crippen LogP contribution in [0.2, 0.25) is 0 Å². The molecule has 25 heteroatoms. The summed E-state index contributed by atoms with van der Waals surface area (Å²) in [5.74, 6) is -8.85. The molecule has 3 aliphatic rings. The van der Waals surface area contributed by atoms with Crippen LogP contribution < -0.4 is 0 Å². The second-order valence-electron chi connectivity index (χ2n) is 23.2. The van der Waals surface area contributed by atoms with Crippen LogP contribution in [0.5, 0.6) is 0 Å². The van der Waals surface area contributed by atoms with Gasteiger partial charge in [0.2, 0.25) is 0 Å². The highest BCUT2D eigenvalue weighted by Crippen LogP contribution is 2.38. The first kappa shape index (κ1) is 72.0. The lowest BCUT2D eigenvalue weighted by molar-refractivity contribution is -0.362. The predicted octanol–water partition coefficient (Wildman–Crippen LogP) is 8.57. The molecule has 0 bridgehead atoms. The third kappa shape index (κ3) is 18.2. The minimum atomic E-state index is -2.13. The number of benzene rings is 8. The van der Waals surface area contributed by atoms with Gasteiger partial charge in [0.25, 0.3) is 0 Å². The fraction of sp³-hybridized carbons (Fsp3) is 0.260. The van der Waals surface area contributed by atoms with E-state index in [4.69, 9.17) is 71.1 Å². The number of aliphatic hydroxyl groups is 1. The molecule has 102 heavy (non-hydrogen) atoms. The van der Waals surface area contributed by atoms with Crippen LogP contribution in [0.1, 0.15) is 89.8 Å². The van der Waals surface area contributed by atoms with Gasteiger partial charge in [-0.15, -0.1) is 0 Å². The Morgan fingerprint density at radius 2 is 0.549 bits per heavy atom. The Labute approximate surface area is 583 Å². The molecule has 3 saturated heterocycles. The Morgan fingerprint density at radius 1 is 0.294 bits per heavy atom. The Hall–Kier alpha value is -11.3. The van der Waals surface area contributed by atoms with Crippen LogP contribution in [0.3, 0.4) is 0 Å². The summed E-state index contributed by atoms with van der Waals surface area (Å²) < 4.78 is 93.7. The van der Waals surface area contributed by atoms with Gasteiger partial charge >= 0.3 is 53.7 Å². The molecule has 3 fully saturated rings. The Balaban J connectivity index is 0.986. The van der Waals surface area contributed by atoms with Gasteiger partial charge in [0.1, 0.15) is 43.7 Å². The molecule has 0 aliphatic carbocycles. The molecule has 8 aromatic rings. The number of aliphatic hydroxyl groups excluding tert-OH is 1. The average Bonchev–Trinajstić information content (AvgIpc) is 0.768. The van der Waals surface area contributed by atoms with Gasteiger partial charge in [-0.2, -0.15) is 0 Å². The molecular formula is C77H68O25. The lowest BCUT2D eigenvalue weighted by Crippen LogP contribution is -2.67. The van der Waals surface area contributed by atoms with Gasteiger partial charge in [-0.1, -0.05) is 146 Å². The standard InChI is InChI=1S/C77H68O25/c1-46(78)92-64-61(102-77-66(101-74(87)54-41-25-10-26-42-54)63(99-72(85)52-37-21-8-22-38-52)60(97-70(83)50-33-17-6-18-34-50)57(95-77)45-90-68(81)48-29-13-4-14-30-48)58(79)55(93-75(64)88-2)43-91-76-65(100-73(86)53-39-23-9-24-40-53)62(98-71(84)51-35-19-7-20-36-51)59(96-69(82)49-31-15-5-16-32-49)56(94-76)44-89-67(80)47-27-11-3-12-28-47/h3-42,55-66,75-77,79H,43-45H2,1-2H3. The third-order valence-corrected chi connectivity index (χ3v) is 16.3. The first-order chi connectivity index (χ1) is 49.6. The van der Waals surface area contributed by atoms with E-state index in [-0.39, 0.29) is 44.5 Å². The van der Waals surface area contributed by atoms with E-state index in [0.29, 0.717) is 0 Å². The van der Waals surface area contributed by atoms with Crippen LogP contribution in [0.4, 0.5) is 0 Å². The van der Waals surface area contributed by atoms with Gasteiger partial charge in [-0.05, 0) is 97.1 Å². The van der Waals surface area contributed by atoms with E-state index in [9.17, 15) is 48.3 Å². The summed E-state index contributed by atoms with van der Waals surface area (Å²) in [4.78, 5) is 128. The lowest BCUT2D eigenvalue weighted by Gasteiger charge is -2.48. The molecule has 0 radical (unpaired) electrons. The molecule has 3 heterocycles. The van der Waals surface area contributed by atoms with Crippen LogP contribution in [-0.4, -0.2) is 178 Å². The van der Waals surface area contributed by atoms with Gasteiger partial charge in [0.05, 0.1) is 51.1 Å². The smallest absolute Gasteiger partial charge is 0.338 e. The van der Waals surface area contributed by atoms with Crippen molar-refractivity contribution in [1.29, 1.82) is 0 Å². The Kier molecular flexibility index (Phi) is 24.5. The van der Waals surface area contributed by atoms with Gasteiger partial charge in [0.15, 0.2) is 61.6 Å². The highest BCUT2D eigenvalue weighted by Gasteiger charge is 2.59. The molecule has 15 atom stereocenters. The number of methoxy groups -OCH3 is 1. The van der Waals surface area contributed by atoms with Crippen LogP contribution in [0.15, 0.2) is 243 Å². The van der Waals surface area contributed by atoms with Crippen molar-refractivity contribution in [3.8, 4) is 0 Å². The molecule has 0 aromatic heterocycles. The first-order valence-corrected chi connectivity index (χ1v) is 32.2. The van der Waals surface area contributed by atoms with Crippen molar-refractivity contribution < 1.29 is 119 Å². The molecule has 526 valence electrons. The van der Waals surface area contributed by atoms with Crippen molar-refractivity contribution in [2.24, 2.45) is 0 Å². The zero-order valence-corrected chi connectivity index (χ0v) is 54.6. The molecule has 0 spiro atoms. The number of hydrogen-bond acceptors (Lipinski definition) is 25. The minimum Gasteiger partial charge on any atom is -0.459 e. The lowest BCUT2D eigenvalue weighted by atomic mass is 9.95. The van der Waals surface area contributed by atoms with E-state index in [0.717, 1.165) is 14.0 Å². The summed E-state index contributed by atoms with van der Waals surface area (Å²) in [6.45, 7) is -1.37. The van der Waals surface area contributed by atoms with Crippen molar-refractivity contribution in [3.63, 3.8) is 0 Å².